The topological polar surface area (TPSA) is 0 Å². The molecule has 0 N–H and O–H groups in total. The molecule has 0 amide bonds. The predicted octanol–water partition coefficient (Wildman–Crippen LogP) is 5.57. The standard InChI is InChI=1S/2C19H19.C2H6Si.2ClH.Zr/c2*1-3-14(2)17-12-16-10-7-11-18(19(16)13-17)15-8-5-4-6-9-15;1-3-2;;;/h2*4-14H,3H2,1-2H3;1-2H3;2*1H;/q;;;;;+2/p-2. The van der Waals surface area contributed by atoms with Crippen LogP contribution in [0.1, 0.15) is 70.0 Å². The molecule has 0 bridgehead atoms. The molecule has 2 aliphatic carbocycles. The summed E-state index contributed by atoms with van der Waals surface area (Å²) in [6, 6.07) is 36.6. The van der Waals surface area contributed by atoms with Crippen molar-refractivity contribution in [1.29, 1.82) is 0 Å². The van der Waals surface area contributed by atoms with Gasteiger partial charge in [0.25, 0.3) is 0 Å². The first-order valence-electron chi connectivity index (χ1n) is 15.9. The maximum atomic E-state index is 2.67. The zero-order valence-electron chi connectivity index (χ0n) is 26.9. The monoisotopic (exact) mass is 712 g/mol. The third-order valence-electron chi connectivity index (χ3n) is 9.92. The van der Waals surface area contributed by atoms with E-state index < -0.39 is 25.8 Å². The Kier molecular flexibility index (Phi) is 12.0. The van der Waals surface area contributed by atoms with Gasteiger partial charge in [0.15, 0.2) is 0 Å². The molecule has 4 aromatic carbocycles. The van der Waals surface area contributed by atoms with Crippen LogP contribution in [0.2, 0.25) is 13.1 Å². The summed E-state index contributed by atoms with van der Waals surface area (Å²) in [7, 11) is 0. The maximum absolute atomic E-state index is 2.67. The van der Waals surface area contributed by atoms with Crippen molar-refractivity contribution in [3.8, 4) is 22.3 Å². The minimum absolute atomic E-state index is 0. The minimum atomic E-state index is -2.23. The smallest absolute Gasteiger partial charge is 1.00 e. The molecule has 4 aromatic rings. The summed E-state index contributed by atoms with van der Waals surface area (Å²) >= 11 is -2.23. The summed E-state index contributed by atoms with van der Waals surface area (Å²) < 4.78 is 1.29. The molecule has 0 aromatic heterocycles. The fourth-order valence-electron chi connectivity index (χ4n) is 7.35. The molecule has 0 nitrogen and oxygen atoms in total. The van der Waals surface area contributed by atoms with Gasteiger partial charge >= 0.3 is 263 Å². The third kappa shape index (κ3) is 6.35. The van der Waals surface area contributed by atoms with E-state index >= 15 is 0 Å². The summed E-state index contributed by atoms with van der Waals surface area (Å²) in [6.07, 6.45) is 7.72. The van der Waals surface area contributed by atoms with Crippen molar-refractivity contribution in [1.82, 2.24) is 0 Å². The van der Waals surface area contributed by atoms with Gasteiger partial charge in [-0.3, -0.25) is 0 Å². The SMILES string of the molecule is CCC(C)C1=Cc2c(-c3ccccc3)cccc2[CH]1[Zr+2]([CH]1C(C(C)CC)=Cc2c(-c3ccccc3)cccc21)=[Si](C)C.[Cl-].[Cl-]. The van der Waals surface area contributed by atoms with Gasteiger partial charge in [0, 0.05) is 0 Å². The van der Waals surface area contributed by atoms with E-state index in [1.807, 2.05) is 0 Å². The first-order valence-corrected chi connectivity index (χ1v) is 24.9. The van der Waals surface area contributed by atoms with Gasteiger partial charge < -0.3 is 24.8 Å². The van der Waals surface area contributed by atoms with Crippen molar-refractivity contribution < 1.29 is 45.2 Å². The molecule has 0 aliphatic heterocycles. The van der Waals surface area contributed by atoms with Gasteiger partial charge in [-0.15, -0.1) is 0 Å². The second kappa shape index (κ2) is 15.1. The van der Waals surface area contributed by atoms with Crippen LogP contribution in [-0.2, 0) is 20.4 Å². The average molecular weight is 715 g/mol. The van der Waals surface area contributed by atoms with Crippen molar-refractivity contribution in [2.45, 2.75) is 60.9 Å². The first-order chi connectivity index (χ1) is 20.4. The van der Waals surface area contributed by atoms with Crippen LogP contribution >= 0.6 is 0 Å². The van der Waals surface area contributed by atoms with Gasteiger partial charge in [0.1, 0.15) is 0 Å². The molecule has 0 saturated carbocycles. The number of fused-ring (bicyclic) bond motifs is 2. The Bertz CT molecular complexity index is 1580. The molecule has 2 aliphatic rings. The van der Waals surface area contributed by atoms with E-state index in [0.717, 1.165) is 0 Å². The number of hydrogen-bond donors (Lipinski definition) is 0. The van der Waals surface area contributed by atoms with Gasteiger partial charge in [0.05, 0.1) is 0 Å². The van der Waals surface area contributed by atoms with Crippen LogP contribution in [0.25, 0.3) is 34.4 Å². The summed E-state index contributed by atoms with van der Waals surface area (Å²) in [5.74, 6) is 1.21. The zero-order valence-corrected chi connectivity index (χ0v) is 31.8. The van der Waals surface area contributed by atoms with E-state index in [2.05, 4.69) is 150 Å². The van der Waals surface area contributed by atoms with Crippen molar-refractivity contribution in [2.24, 2.45) is 11.8 Å². The number of benzene rings is 4. The van der Waals surface area contributed by atoms with Gasteiger partial charge in [-0.2, -0.15) is 0 Å². The van der Waals surface area contributed by atoms with Crippen molar-refractivity contribution in [3.63, 3.8) is 0 Å². The molecular weight excluding hydrogens is 671 g/mol. The summed E-state index contributed by atoms with van der Waals surface area (Å²) in [5.41, 5.74) is 14.8. The maximum Gasteiger partial charge on any atom is -1.00 e. The Morgan fingerprint density at radius 3 is 1.30 bits per heavy atom. The molecule has 0 heterocycles. The Morgan fingerprint density at radius 2 is 0.955 bits per heavy atom. The van der Waals surface area contributed by atoms with Gasteiger partial charge in [-0.05, 0) is 0 Å². The Labute approximate surface area is 286 Å². The Hall–Kier alpha value is -1.96. The summed E-state index contributed by atoms with van der Waals surface area (Å²) in [6.45, 7) is 15.1. The number of halogens is 2. The zero-order chi connectivity index (χ0) is 29.4. The predicted molar refractivity (Wildman–Crippen MR) is 182 cm³/mol. The minimum Gasteiger partial charge on any atom is -1.00 e. The van der Waals surface area contributed by atoms with Crippen LogP contribution in [0.3, 0.4) is 0 Å². The van der Waals surface area contributed by atoms with Crippen molar-refractivity contribution in [2.75, 3.05) is 0 Å². The normalized spacial score (nSPS) is 17.5. The molecule has 0 spiro atoms. The largest absolute Gasteiger partial charge is 1.00 e. The van der Waals surface area contributed by atoms with Crippen molar-refractivity contribution >= 4 is 17.6 Å². The third-order valence-corrected chi connectivity index (χ3v) is 29.2. The quantitative estimate of drug-likeness (QED) is 0.210. The molecule has 4 heteroatoms. The first kappa shape index (κ1) is 34.9. The molecule has 0 fully saturated rings. The number of allylic oxidation sites excluding steroid dienone is 2. The van der Waals surface area contributed by atoms with E-state index in [0.29, 0.717) is 19.1 Å². The van der Waals surface area contributed by atoms with Gasteiger partial charge in [0.2, 0.25) is 0 Å². The molecular formula is C40H44Cl2SiZr. The van der Waals surface area contributed by atoms with E-state index in [1.165, 1.54) is 46.2 Å². The van der Waals surface area contributed by atoms with E-state index in [4.69, 9.17) is 0 Å². The van der Waals surface area contributed by atoms with Crippen molar-refractivity contribution in [3.05, 3.63) is 130 Å². The molecule has 6 rings (SSSR count). The second-order valence-electron chi connectivity index (χ2n) is 12.6. The van der Waals surface area contributed by atoms with E-state index in [1.54, 1.807) is 22.3 Å². The molecule has 0 saturated heterocycles. The summed E-state index contributed by atoms with van der Waals surface area (Å²) in [5, 5.41) is 0. The van der Waals surface area contributed by atoms with Gasteiger partial charge in [-0.25, -0.2) is 0 Å². The van der Waals surface area contributed by atoms with Crippen LogP contribution < -0.4 is 24.8 Å². The average Bonchev–Trinajstić information content (AvgIpc) is 3.61. The Morgan fingerprint density at radius 1 is 0.568 bits per heavy atom. The molecule has 4 atom stereocenters. The number of hydrogen-bond acceptors (Lipinski definition) is 0. The van der Waals surface area contributed by atoms with Crippen LogP contribution in [0, 0.1) is 11.8 Å². The van der Waals surface area contributed by atoms with Crippen LogP contribution in [0.5, 0.6) is 0 Å². The fourth-order valence-corrected chi connectivity index (χ4v) is 28.1. The van der Waals surface area contributed by atoms with Crippen LogP contribution in [-0.4, -0.2) is 5.43 Å². The number of rotatable bonds is 8. The summed E-state index contributed by atoms with van der Waals surface area (Å²) in [4.78, 5) is 0. The van der Waals surface area contributed by atoms with Crippen LogP contribution in [0.4, 0.5) is 0 Å². The Balaban J connectivity index is 0.00000221. The molecule has 226 valence electrons. The molecule has 44 heavy (non-hydrogen) atoms. The fraction of sp³-hybridized carbons (Fsp3) is 0.300. The van der Waals surface area contributed by atoms with Crippen LogP contribution in [0.15, 0.2) is 108 Å². The molecule has 4 unspecified atom stereocenters. The molecule has 0 radical (unpaired) electrons. The van der Waals surface area contributed by atoms with Gasteiger partial charge in [-0.1, -0.05) is 0 Å². The van der Waals surface area contributed by atoms with E-state index in [9.17, 15) is 0 Å². The van der Waals surface area contributed by atoms with E-state index in [-0.39, 0.29) is 24.8 Å². The second-order valence-corrected chi connectivity index (χ2v) is 30.4.